The first kappa shape index (κ1) is 16.1. The molecule has 4 rings (SSSR count). The molecule has 0 fully saturated rings. The maximum absolute atomic E-state index is 12.9. The Hall–Kier alpha value is -3.42. The third kappa shape index (κ3) is 2.46. The van der Waals surface area contributed by atoms with Crippen molar-refractivity contribution in [2.45, 2.75) is 25.9 Å². The number of aromatic nitrogens is 1. The van der Waals surface area contributed by atoms with Crippen molar-refractivity contribution in [1.29, 1.82) is 0 Å². The summed E-state index contributed by atoms with van der Waals surface area (Å²) in [6, 6.07) is 11.6. The van der Waals surface area contributed by atoms with Gasteiger partial charge < -0.3 is 9.32 Å². The van der Waals surface area contributed by atoms with Crippen LogP contribution in [0.1, 0.15) is 12.5 Å². The predicted octanol–water partition coefficient (Wildman–Crippen LogP) is 2.48. The average molecular weight is 353 g/mol. The Morgan fingerprint density at radius 3 is 2.85 bits per heavy atom. The SMILES string of the molecule is CC1Cc2ccccc2N1C(=O)Cn1c(=O)oc2cc([N+](=O)[O-])ccc21. The molecule has 8 nitrogen and oxygen atoms in total. The molecule has 3 aromatic rings. The van der Waals surface area contributed by atoms with E-state index in [0.717, 1.165) is 17.7 Å². The number of hydrogen-bond acceptors (Lipinski definition) is 5. The summed E-state index contributed by atoms with van der Waals surface area (Å²) in [4.78, 5) is 37.0. The van der Waals surface area contributed by atoms with Crippen LogP contribution in [0.15, 0.2) is 51.7 Å². The molecule has 0 spiro atoms. The van der Waals surface area contributed by atoms with E-state index in [1.54, 1.807) is 4.90 Å². The molecule has 0 bridgehead atoms. The largest absolute Gasteiger partial charge is 0.420 e. The predicted molar refractivity (Wildman–Crippen MR) is 94.2 cm³/mol. The highest BCUT2D eigenvalue weighted by Crippen LogP contribution is 2.32. The van der Waals surface area contributed by atoms with E-state index in [4.69, 9.17) is 4.42 Å². The number of carbonyl (C=O) groups excluding carboxylic acids is 1. The molecule has 1 aromatic heterocycles. The number of para-hydroxylation sites is 1. The summed E-state index contributed by atoms with van der Waals surface area (Å²) in [6.07, 6.45) is 0.759. The van der Waals surface area contributed by atoms with Gasteiger partial charge in [0.25, 0.3) is 5.69 Å². The van der Waals surface area contributed by atoms with Gasteiger partial charge in [0.1, 0.15) is 6.54 Å². The van der Waals surface area contributed by atoms with Crippen molar-refractivity contribution in [3.63, 3.8) is 0 Å². The molecule has 0 saturated carbocycles. The number of amides is 1. The second kappa shape index (κ2) is 5.83. The van der Waals surface area contributed by atoms with Crippen molar-refractivity contribution in [2.24, 2.45) is 0 Å². The molecule has 2 heterocycles. The lowest BCUT2D eigenvalue weighted by Gasteiger charge is -2.22. The number of fused-ring (bicyclic) bond motifs is 2. The monoisotopic (exact) mass is 353 g/mol. The molecule has 132 valence electrons. The number of nitrogens with zero attached hydrogens (tertiary/aromatic N) is 3. The lowest BCUT2D eigenvalue weighted by molar-refractivity contribution is -0.384. The van der Waals surface area contributed by atoms with Crippen molar-refractivity contribution in [3.8, 4) is 0 Å². The maximum atomic E-state index is 12.9. The van der Waals surface area contributed by atoms with Gasteiger partial charge in [0.15, 0.2) is 5.58 Å². The number of nitro groups is 1. The van der Waals surface area contributed by atoms with Gasteiger partial charge in [-0.15, -0.1) is 0 Å². The standard InChI is InChI=1S/C18H15N3O5/c1-11-8-12-4-2-3-5-14(12)20(11)17(22)10-19-15-7-6-13(21(24)25)9-16(15)26-18(19)23/h2-7,9,11H,8,10H2,1H3. The fourth-order valence-corrected chi connectivity index (χ4v) is 3.48. The normalized spacial score (nSPS) is 16.0. The summed E-state index contributed by atoms with van der Waals surface area (Å²) in [5, 5.41) is 10.9. The van der Waals surface area contributed by atoms with Crippen molar-refractivity contribution in [2.75, 3.05) is 4.90 Å². The van der Waals surface area contributed by atoms with Crippen molar-refractivity contribution < 1.29 is 14.1 Å². The summed E-state index contributed by atoms with van der Waals surface area (Å²) in [5.41, 5.74) is 2.21. The maximum Gasteiger partial charge on any atom is 0.420 e. The van der Waals surface area contributed by atoms with Crippen LogP contribution in [0.25, 0.3) is 11.1 Å². The van der Waals surface area contributed by atoms with E-state index in [2.05, 4.69) is 0 Å². The molecule has 0 aliphatic carbocycles. The van der Waals surface area contributed by atoms with E-state index in [0.29, 0.717) is 5.52 Å². The molecule has 1 aliphatic heterocycles. The van der Waals surface area contributed by atoms with Crippen LogP contribution in [0.3, 0.4) is 0 Å². The first-order valence-corrected chi connectivity index (χ1v) is 8.13. The number of oxazole rings is 1. The second-order valence-corrected chi connectivity index (χ2v) is 6.31. The van der Waals surface area contributed by atoms with Crippen LogP contribution in [0.4, 0.5) is 11.4 Å². The summed E-state index contributed by atoms with van der Waals surface area (Å²) < 4.78 is 6.29. The Balaban J connectivity index is 1.69. The van der Waals surface area contributed by atoms with Gasteiger partial charge in [-0.1, -0.05) is 18.2 Å². The number of nitro benzene ring substituents is 1. The zero-order chi connectivity index (χ0) is 18.4. The Morgan fingerprint density at radius 2 is 2.08 bits per heavy atom. The highest BCUT2D eigenvalue weighted by atomic mass is 16.6. The topological polar surface area (TPSA) is 98.6 Å². The van der Waals surface area contributed by atoms with Crippen LogP contribution in [-0.2, 0) is 17.8 Å². The number of carbonyl (C=O) groups is 1. The molecular formula is C18H15N3O5. The summed E-state index contributed by atoms with van der Waals surface area (Å²) >= 11 is 0. The van der Waals surface area contributed by atoms with E-state index >= 15 is 0 Å². The van der Waals surface area contributed by atoms with Crippen LogP contribution < -0.4 is 10.7 Å². The quantitative estimate of drug-likeness (QED) is 0.532. The molecule has 1 unspecified atom stereocenters. The van der Waals surface area contributed by atoms with Gasteiger partial charge in [-0.3, -0.25) is 19.5 Å². The van der Waals surface area contributed by atoms with Gasteiger partial charge in [-0.25, -0.2) is 4.79 Å². The van der Waals surface area contributed by atoms with E-state index < -0.39 is 10.7 Å². The third-order valence-corrected chi connectivity index (χ3v) is 4.63. The van der Waals surface area contributed by atoms with Gasteiger partial charge in [0.05, 0.1) is 16.5 Å². The van der Waals surface area contributed by atoms with Gasteiger partial charge in [-0.05, 0) is 31.0 Å². The van der Waals surface area contributed by atoms with E-state index in [1.165, 1.54) is 22.8 Å². The highest BCUT2D eigenvalue weighted by molar-refractivity contribution is 5.96. The molecule has 0 saturated heterocycles. The number of anilines is 1. The van der Waals surface area contributed by atoms with E-state index in [-0.39, 0.29) is 29.8 Å². The molecule has 26 heavy (non-hydrogen) atoms. The third-order valence-electron chi connectivity index (χ3n) is 4.63. The molecule has 0 radical (unpaired) electrons. The van der Waals surface area contributed by atoms with Gasteiger partial charge in [0, 0.05) is 17.8 Å². The highest BCUT2D eigenvalue weighted by Gasteiger charge is 2.31. The lowest BCUT2D eigenvalue weighted by atomic mass is 10.1. The molecule has 2 aromatic carbocycles. The van der Waals surface area contributed by atoms with Gasteiger partial charge >= 0.3 is 5.76 Å². The number of hydrogen-bond donors (Lipinski definition) is 0. The summed E-state index contributed by atoms with van der Waals surface area (Å²) in [6.45, 7) is 1.76. The molecule has 1 atom stereocenters. The Bertz CT molecular complexity index is 1100. The number of non-ortho nitro benzene ring substituents is 1. The molecular weight excluding hydrogens is 338 g/mol. The van der Waals surface area contributed by atoms with Crippen LogP contribution >= 0.6 is 0 Å². The Morgan fingerprint density at radius 1 is 1.31 bits per heavy atom. The molecule has 1 amide bonds. The smallest absolute Gasteiger partial charge is 0.407 e. The Labute approximate surface area is 147 Å². The summed E-state index contributed by atoms with van der Waals surface area (Å²) in [7, 11) is 0. The number of rotatable bonds is 3. The van der Waals surface area contributed by atoms with Crippen LogP contribution in [-0.4, -0.2) is 21.4 Å². The van der Waals surface area contributed by atoms with Crippen LogP contribution in [0.5, 0.6) is 0 Å². The van der Waals surface area contributed by atoms with Crippen LogP contribution in [0.2, 0.25) is 0 Å². The van der Waals surface area contributed by atoms with E-state index in [9.17, 15) is 19.7 Å². The minimum absolute atomic E-state index is 0.00476. The minimum atomic E-state index is -0.714. The van der Waals surface area contributed by atoms with Crippen molar-refractivity contribution in [3.05, 3.63) is 68.7 Å². The fourth-order valence-electron chi connectivity index (χ4n) is 3.48. The first-order valence-electron chi connectivity index (χ1n) is 8.13. The zero-order valence-electron chi connectivity index (χ0n) is 13.9. The van der Waals surface area contributed by atoms with Crippen LogP contribution in [0, 0.1) is 10.1 Å². The summed E-state index contributed by atoms with van der Waals surface area (Å²) in [5.74, 6) is -0.945. The van der Waals surface area contributed by atoms with E-state index in [1.807, 2.05) is 31.2 Å². The van der Waals surface area contributed by atoms with Crippen molar-refractivity contribution >= 4 is 28.4 Å². The molecule has 1 aliphatic rings. The molecule has 8 heteroatoms. The minimum Gasteiger partial charge on any atom is -0.407 e. The second-order valence-electron chi connectivity index (χ2n) is 6.31. The zero-order valence-corrected chi connectivity index (χ0v) is 13.9. The fraction of sp³-hybridized carbons (Fsp3) is 0.222. The molecule has 0 N–H and O–H groups in total. The lowest BCUT2D eigenvalue weighted by Crippen LogP contribution is -2.39. The average Bonchev–Trinajstić information content (AvgIpc) is 3.10. The first-order chi connectivity index (χ1) is 12.5. The Kier molecular flexibility index (Phi) is 3.61. The van der Waals surface area contributed by atoms with Crippen molar-refractivity contribution in [1.82, 2.24) is 4.57 Å². The van der Waals surface area contributed by atoms with Gasteiger partial charge in [0.2, 0.25) is 5.91 Å². The van der Waals surface area contributed by atoms with Gasteiger partial charge in [-0.2, -0.15) is 0 Å². The number of benzene rings is 2.